The number of rotatable bonds is 4. The fourth-order valence-electron chi connectivity index (χ4n) is 1.66. The van der Waals surface area contributed by atoms with Crippen LogP contribution in [0, 0.1) is 19.7 Å². The third-order valence-electron chi connectivity index (χ3n) is 2.70. The fourth-order valence-corrected chi connectivity index (χ4v) is 2.93. The van der Waals surface area contributed by atoms with Crippen molar-refractivity contribution >= 4 is 21.8 Å². The van der Waals surface area contributed by atoms with Gasteiger partial charge >= 0.3 is 5.97 Å². The Labute approximate surface area is 119 Å². The Hall–Kier alpha value is -2.42. The summed E-state index contributed by atoms with van der Waals surface area (Å²) in [6.07, 6.45) is 0. The van der Waals surface area contributed by atoms with Gasteiger partial charge in [-0.3, -0.25) is 4.72 Å². The number of hydrogen-bond acceptors (Lipinski definition) is 5. The van der Waals surface area contributed by atoms with Gasteiger partial charge in [-0.25, -0.2) is 17.6 Å². The maximum absolute atomic E-state index is 13.7. The lowest BCUT2D eigenvalue weighted by Gasteiger charge is -2.10. The highest BCUT2D eigenvalue weighted by molar-refractivity contribution is 7.92. The molecule has 0 aliphatic rings. The molecule has 0 atom stereocenters. The van der Waals surface area contributed by atoms with Crippen LogP contribution in [0.25, 0.3) is 0 Å². The molecule has 0 unspecified atom stereocenters. The van der Waals surface area contributed by atoms with Gasteiger partial charge in [0.25, 0.3) is 10.0 Å². The molecule has 1 aromatic carbocycles. The Morgan fingerprint density at radius 1 is 1.33 bits per heavy atom. The number of carbonyl (C=O) groups is 1. The van der Waals surface area contributed by atoms with Crippen LogP contribution < -0.4 is 4.72 Å². The second-order valence-corrected chi connectivity index (χ2v) is 5.97. The number of halogens is 1. The number of anilines is 1. The lowest BCUT2D eigenvalue weighted by molar-refractivity contribution is 0.0696. The summed E-state index contributed by atoms with van der Waals surface area (Å²) in [4.78, 5) is 10.4. The van der Waals surface area contributed by atoms with Crippen molar-refractivity contribution < 1.29 is 27.2 Å². The van der Waals surface area contributed by atoms with Crippen molar-refractivity contribution in [2.45, 2.75) is 18.7 Å². The van der Waals surface area contributed by atoms with Crippen molar-refractivity contribution in [2.75, 3.05) is 4.72 Å². The summed E-state index contributed by atoms with van der Waals surface area (Å²) in [5, 5.41) is 12.3. The number of benzene rings is 1. The molecule has 1 aromatic heterocycles. The summed E-state index contributed by atoms with van der Waals surface area (Å²) in [6, 6.07) is 2.98. The van der Waals surface area contributed by atoms with Crippen LogP contribution in [-0.2, 0) is 10.0 Å². The molecule has 1 heterocycles. The number of carboxylic acids is 1. The van der Waals surface area contributed by atoms with E-state index < -0.39 is 32.3 Å². The highest BCUT2D eigenvalue weighted by Crippen LogP contribution is 2.23. The van der Waals surface area contributed by atoms with Crippen molar-refractivity contribution in [3.05, 3.63) is 40.9 Å². The van der Waals surface area contributed by atoms with Crippen molar-refractivity contribution in [1.29, 1.82) is 0 Å². The molecular weight excluding hydrogens is 303 g/mol. The first kappa shape index (κ1) is 15.0. The molecule has 7 nitrogen and oxygen atoms in total. The number of aromatic carboxylic acids is 1. The predicted molar refractivity (Wildman–Crippen MR) is 70.1 cm³/mol. The molecule has 0 saturated heterocycles. The van der Waals surface area contributed by atoms with Gasteiger partial charge in [0.2, 0.25) is 0 Å². The number of carboxylic acid groups (broad SMARTS) is 1. The molecule has 0 spiro atoms. The van der Waals surface area contributed by atoms with Crippen molar-refractivity contribution in [3.8, 4) is 0 Å². The molecule has 0 amide bonds. The lowest BCUT2D eigenvalue weighted by atomic mass is 10.1. The minimum Gasteiger partial charge on any atom is -0.478 e. The van der Waals surface area contributed by atoms with E-state index in [-0.39, 0.29) is 11.4 Å². The van der Waals surface area contributed by atoms with Crippen LogP contribution in [0.5, 0.6) is 0 Å². The number of nitrogens with one attached hydrogen (secondary N) is 1. The largest absolute Gasteiger partial charge is 0.478 e. The van der Waals surface area contributed by atoms with Crippen LogP contribution in [0.3, 0.4) is 0 Å². The van der Waals surface area contributed by atoms with E-state index in [0.717, 1.165) is 12.1 Å². The van der Waals surface area contributed by atoms with Crippen molar-refractivity contribution in [3.63, 3.8) is 0 Å². The summed E-state index contributed by atoms with van der Waals surface area (Å²) in [5.41, 5.74) is -0.650. The quantitative estimate of drug-likeness (QED) is 0.892. The van der Waals surface area contributed by atoms with Crippen molar-refractivity contribution in [2.24, 2.45) is 0 Å². The molecular formula is C12H11FN2O5S. The van der Waals surface area contributed by atoms with Gasteiger partial charge in [-0.2, -0.15) is 0 Å². The normalized spacial score (nSPS) is 11.4. The molecule has 2 rings (SSSR count). The Morgan fingerprint density at radius 2 is 2.00 bits per heavy atom. The van der Waals surface area contributed by atoms with E-state index in [0.29, 0.717) is 5.76 Å². The fraction of sp³-hybridized carbons (Fsp3) is 0.167. The van der Waals surface area contributed by atoms with Crippen LogP contribution >= 0.6 is 0 Å². The Kier molecular flexibility index (Phi) is 3.69. The Bertz CT molecular complexity index is 813. The van der Waals surface area contributed by atoms with Gasteiger partial charge in [0.1, 0.15) is 11.6 Å². The molecule has 9 heteroatoms. The second kappa shape index (κ2) is 5.17. The smallest absolute Gasteiger partial charge is 0.335 e. The SMILES string of the molecule is Cc1cc(NS(=O)(=O)c2cc(C(=O)O)cc(F)c2C)no1. The minimum absolute atomic E-state index is 0.0759. The summed E-state index contributed by atoms with van der Waals surface area (Å²) in [6.45, 7) is 2.81. The lowest BCUT2D eigenvalue weighted by Crippen LogP contribution is -2.16. The van der Waals surface area contributed by atoms with Gasteiger partial charge in [-0.15, -0.1) is 0 Å². The van der Waals surface area contributed by atoms with Crippen molar-refractivity contribution in [1.82, 2.24) is 5.16 Å². The molecule has 0 bridgehead atoms. The average Bonchev–Trinajstić information content (AvgIpc) is 2.76. The minimum atomic E-state index is -4.19. The van der Waals surface area contributed by atoms with E-state index in [1.54, 1.807) is 6.92 Å². The van der Waals surface area contributed by atoms with Crippen LogP contribution in [-0.4, -0.2) is 24.7 Å². The zero-order valence-electron chi connectivity index (χ0n) is 11.0. The van der Waals surface area contributed by atoms with E-state index in [1.807, 2.05) is 0 Å². The number of aromatic nitrogens is 1. The maximum Gasteiger partial charge on any atom is 0.335 e. The zero-order valence-corrected chi connectivity index (χ0v) is 11.9. The molecule has 2 aromatic rings. The van der Waals surface area contributed by atoms with E-state index >= 15 is 0 Å². The molecule has 112 valence electrons. The molecule has 2 N–H and O–H groups in total. The topological polar surface area (TPSA) is 110 Å². The average molecular weight is 314 g/mol. The first-order chi connectivity index (χ1) is 9.70. The third-order valence-corrected chi connectivity index (χ3v) is 4.18. The highest BCUT2D eigenvalue weighted by Gasteiger charge is 2.23. The van der Waals surface area contributed by atoms with Crippen LogP contribution in [0.4, 0.5) is 10.2 Å². The zero-order chi connectivity index (χ0) is 15.8. The summed E-state index contributed by atoms with van der Waals surface area (Å²) < 4.78 is 44.9. The first-order valence-corrected chi connectivity index (χ1v) is 7.18. The van der Waals surface area contributed by atoms with Gasteiger partial charge in [-0.1, -0.05) is 5.16 Å². The monoisotopic (exact) mass is 314 g/mol. The van der Waals surface area contributed by atoms with E-state index in [2.05, 4.69) is 9.88 Å². The highest BCUT2D eigenvalue weighted by atomic mass is 32.2. The number of sulfonamides is 1. The molecule has 0 fully saturated rings. The van der Waals surface area contributed by atoms with Crippen LogP contribution in [0.2, 0.25) is 0 Å². The standard InChI is InChI=1S/C12H11FN2O5S/c1-6-3-11(14-20-6)15-21(18,19)10-5-8(12(16)17)4-9(13)7(10)2/h3-5H,1-2H3,(H,14,15)(H,16,17). The van der Waals surface area contributed by atoms with Crippen LogP contribution in [0.15, 0.2) is 27.6 Å². The van der Waals surface area contributed by atoms with E-state index in [1.165, 1.54) is 13.0 Å². The van der Waals surface area contributed by atoms with E-state index in [4.69, 9.17) is 9.63 Å². The maximum atomic E-state index is 13.7. The van der Waals surface area contributed by atoms with Gasteiger partial charge in [0.15, 0.2) is 5.82 Å². The van der Waals surface area contributed by atoms with Gasteiger partial charge < -0.3 is 9.63 Å². The number of aryl methyl sites for hydroxylation is 1. The molecule has 0 aliphatic heterocycles. The van der Waals surface area contributed by atoms with Gasteiger partial charge in [-0.05, 0) is 26.0 Å². The summed E-state index contributed by atoms with van der Waals surface area (Å²) >= 11 is 0. The first-order valence-electron chi connectivity index (χ1n) is 5.70. The number of hydrogen-bond donors (Lipinski definition) is 2. The Balaban J connectivity index is 2.51. The summed E-state index contributed by atoms with van der Waals surface area (Å²) in [5.74, 6) is -2.04. The Morgan fingerprint density at radius 3 is 2.52 bits per heavy atom. The van der Waals surface area contributed by atoms with Gasteiger partial charge in [0.05, 0.1) is 10.5 Å². The third kappa shape index (κ3) is 3.02. The molecule has 0 saturated carbocycles. The van der Waals surface area contributed by atoms with Gasteiger partial charge in [0, 0.05) is 11.6 Å². The second-order valence-electron chi connectivity index (χ2n) is 4.31. The molecule has 21 heavy (non-hydrogen) atoms. The summed E-state index contributed by atoms with van der Waals surface area (Å²) in [7, 11) is -4.19. The number of nitrogens with zero attached hydrogens (tertiary/aromatic N) is 1. The van der Waals surface area contributed by atoms with Crippen LogP contribution in [0.1, 0.15) is 21.7 Å². The molecule has 0 radical (unpaired) electrons. The molecule has 0 aliphatic carbocycles. The van der Waals surface area contributed by atoms with E-state index in [9.17, 15) is 17.6 Å². The predicted octanol–water partition coefficient (Wildman–Crippen LogP) is 1.93.